The fourth-order valence-corrected chi connectivity index (χ4v) is 3.09. The van der Waals surface area contributed by atoms with Crippen LogP contribution >= 0.6 is 27.3 Å². The maximum absolute atomic E-state index is 11.1. The summed E-state index contributed by atoms with van der Waals surface area (Å²) in [4.78, 5) is 11.3. The van der Waals surface area contributed by atoms with Crippen LogP contribution in [0.15, 0.2) is 34.1 Å². The van der Waals surface area contributed by atoms with E-state index in [0.717, 1.165) is 22.5 Å². The third-order valence-electron chi connectivity index (χ3n) is 2.61. The van der Waals surface area contributed by atoms with Crippen molar-refractivity contribution in [3.05, 3.63) is 50.1 Å². The van der Waals surface area contributed by atoms with Crippen LogP contribution in [0, 0.1) is 0 Å². The van der Waals surface area contributed by atoms with Crippen molar-refractivity contribution in [2.45, 2.75) is 13.2 Å². The number of carbonyl (C=O) groups is 1. The summed E-state index contributed by atoms with van der Waals surface area (Å²) in [5.74, 6) is -0.602. The van der Waals surface area contributed by atoms with Crippen molar-refractivity contribution >= 4 is 33.2 Å². The van der Waals surface area contributed by atoms with E-state index in [1.165, 1.54) is 0 Å². The number of hydrogen-bond donors (Lipinski definition) is 1. The average Bonchev–Trinajstić information content (AvgIpc) is 2.80. The van der Waals surface area contributed by atoms with E-state index >= 15 is 0 Å². The number of halogens is 1. The van der Waals surface area contributed by atoms with Gasteiger partial charge in [0.05, 0.1) is 11.1 Å². The van der Waals surface area contributed by atoms with Crippen molar-refractivity contribution in [1.29, 1.82) is 0 Å². The summed E-state index contributed by atoms with van der Waals surface area (Å²) in [6, 6.07) is 7.80. The molecule has 4 nitrogen and oxygen atoms in total. The average molecular weight is 357 g/mol. The van der Waals surface area contributed by atoms with Gasteiger partial charge in [-0.05, 0) is 27.1 Å². The van der Waals surface area contributed by atoms with Gasteiger partial charge < -0.3 is 14.6 Å². The highest BCUT2D eigenvalue weighted by atomic mass is 79.9. The maximum atomic E-state index is 11.1. The van der Waals surface area contributed by atoms with E-state index in [-0.39, 0.29) is 4.88 Å². The number of thiophene rings is 1. The summed E-state index contributed by atoms with van der Waals surface area (Å²) in [7, 11) is 1.65. The predicted molar refractivity (Wildman–Crippen MR) is 80.5 cm³/mol. The van der Waals surface area contributed by atoms with Crippen molar-refractivity contribution in [3.63, 3.8) is 0 Å². The normalized spacial score (nSPS) is 10.5. The number of carboxylic acid groups (broad SMARTS) is 1. The summed E-state index contributed by atoms with van der Waals surface area (Å²) >= 11 is 4.44. The zero-order valence-corrected chi connectivity index (χ0v) is 13.2. The molecule has 0 spiro atoms. The second kappa shape index (κ2) is 6.88. The quantitative estimate of drug-likeness (QED) is 0.851. The van der Waals surface area contributed by atoms with Crippen LogP contribution < -0.4 is 4.74 Å². The van der Waals surface area contributed by atoms with Crippen LogP contribution in [0.3, 0.4) is 0 Å². The molecule has 6 heteroatoms. The van der Waals surface area contributed by atoms with Gasteiger partial charge in [0.2, 0.25) is 0 Å². The number of rotatable bonds is 6. The summed E-state index contributed by atoms with van der Waals surface area (Å²) in [6.45, 7) is 0.892. The van der Waals surface area contributed by atoms with E-state index in [2.05, 4.69) is 15.9 Å². The largest absolute Gasteiger partial charge is 0.486 e. The Morgan fingerprint density at radius 2 is 1.85 bits per heavy atom. The van der Waals surface area contributed by atoms with Crippen molar-refractivity contribution in [3.8, 4) is 5.75 Å². The molecule has 1 heterocycles. The van der Waals surface area contributed by atoms with Crippen molar-refractivity contribution < 1.29 is 19.4 Å². The lowest BCUT2D eigenvalue weighted by Gasteiger charge is -2.07. The minimum Gasteiger partial charge on any atom is -0.486 e. The minimum atomic E-state index is -0.980. The Kier molecular flexibility index (Phi) is 5.17. The number of carboxylic acids is 1. The first-order valence-corrected chi connectivity index (χ1v) is 7.49. The smallest absolute Gasteiger partial charge is 0.349 e. The Labute approximate surface area is 129 Å². The third-order valence-corrected chi connectivity index (χ3v) is 4.46. The van der Waals surface area contributed by atoms with Gasteiger partial charge in [-0.3, -0.25) is 0 Å². The second-order valence-electron chi connectivity index (χ2n) is 4.09. The topological polar surface area (TPSA) is 55.8 Å². The molecule has 0 unspecified atom stereocenters. The van der Waals surface area contributed by atoms with Crippen LogP contribution in [0.5, 0.6) is 5.75 Å². The highest BCUT2D eigenvalue weighted by Crippen LogP contribution is 2.35. The summed E-state index contributed by atoms with van der Waals surface area (Å²) < 4.78 is 11.3. The van der Waals surface area contributed by atoms with Gasteiger partial charge in [0.25, 0.3) is 0 Å². The molecule has 1 N–H and O–H groups in total. The van der Waals surface area contributed by atoms with Crippen LogP contribution in [0.25, 0.3) is 0 Å². The highest BCUT2D eigenvalue weighted by Gasteiger charge is 2.17. The van der Waals surface area contributed by atoms with Crippen molar-refractivity contribution in [2.24, 2.45) is 0 Å². The molecule has 0 saturated heterocycles. The number of benzene rings is 1. The Bertz CT molecular complexity index is 592. The first-order chi connectivity index (χ1) is 9.61. The van der Waals surface area contributed by atoms with Gasteiger partial charge in [0.1, 0.15) is 6.61 Å². The summed E-state index contributed by atoms with van der Waals surface area (Å²) in [5, 5.41) is 10.8. The van der Waals surface area contributed by atoms with E-state index in [1.807, 2.05) is 24.3 Å². The molecule has 1 aromatic carbocycles. The van der Waals surface area contributed by atoms with Gasteiger partial charge in [0, 0.05) is 12.5 Å². The SMILES string of the molecule is COCc1ccc(COc2c(Br)csc2C(=O)O)cc1. The first kappa shape index (κ1) is 15.0. The van der Waals surface area contributed by atoms with Crippen LogP contribution in [0.2, 0.25) is 0 Å². The minimum absolute atomic E-state index is 0.202. The zero-order valence-electron chi connectivity index (χ0n) is 10.8. The van der Waals surface area contributed by atoms with Crippen LogP contribution in [-0.2, 0) is 18.0 Å². The second-order valence-corrected chi connectivity index (χ2v) is 5.82. The van der Waals surface area contributed by atoms with Gasteiger partial charge in [0.15, 0.2) is 10.6 Å². The van der Waals surface area contributed by atoms with Crippen LogP contribution in [-0.4, -0.2) is 18.2 Å². The molecule has 0 aliphatic rings. The maximum Gasteiger partial charge on any atom is 0.349 e. The standard InChI is InChI=1S/C14H13BrO4S/c1-18-6-9-2-4-10(5-3-9)7-19-12-11(15)8-20-13(12)14(16)17/h2-5,8H,6-7H2,1H3,(H,16,17). The zero-order chi connectivity index (χ0) is 14.5. The van der Waals surface area contributed by atoms with Crippen LogP contribution in [0.1, 0.15) is 20.8 Å². The highest BCUT2D eigenvalue weighted by molar-refractivity contribution is 9.10. The lowest BCUT2D eigenvalue weighted by Crippen LogP contribution is -2.01. The molecular formula is C14H13BrO4S. The molecule has 0 bridgehead atoms. The molecule has 0 saturated carbocycles. The summed E-state index contributed by atoms with van der Waals surface area (Å²) in [5.41, 5.74) is 2.05. The predicted octanol–water partition coefficient (Wildman–Crippen LogP) is 3.93. The lowest BCUT2D eigenvalue weighted by molar-refractivity contribution is 0.0697. The van der Waals surface area contributed by atoms with E-state index < -0.39 is 5.97 Å². The number of methoxy groups -OCH3 is 1. The molecule has 0 atom stereocenters. The fraction of sp³-hybridized carbons (Fsp3) is 0.214. The van der Waals surface area contributed by atoms with Gasteiger partial charge in [-0.15, -0.1) is 11.3 Å². The van der Waals surface area contributed by atoms with Crippen LogP contribution in [0.4, 0.5) is 0 Å². The third kappa shape index (κ3) is 3.59. The van der Waals surface area contributed by atoms with Gasteiger partial charge in [-0.25, -0.2) is 4.79 Å². The van der Waals surface area contributed by atoms with Crippen molar-refractivity contribution in [2.75, 3.05) is 7.11 Å². The van der Waals surface area contributed by atoms with E-state index in [1.54, 1.807) is 12.5 Å². The Morgan fingerprint density at radius 1 is 1.25 bits per heavy atom. The molecular weight excluding hydrogens is 344 g/mol. The monoisotopic (exact) mass is 356 g/mol. The fourth-order valence-electron chi connectivity index (χ4n) is 1.66. The molecule has 1 aromatic heterocycles. The lowest BCUT2D eigenvalue weighted by atomic mass is 10.1. The molecule has 0 aliphatic heterocycles. The molecule has 0 radical (unpaired) electrons. The van der Waals surface area contributed by atoms with Crippen molar-refractivity contribution in [1.82, 2.24) is 0 Å². The molecule has 106 valence electrons. The molecule has 2 rings (SSSR count). The Hall–Kier alpha value is -1.37. The molecule has 0 fully saturated rings. The number of aromatic carboxylic acids is 1. The number of hydrogen-bond acceptors (Lipinski definition) is 4. The number of ether oxygens (including phenoxy) is 2. The Balaban J connectivity index is 2.05. The Morgan fingerprint density at radius 3 is 2.40 bits per heavy atom. The van der Waals surface area contributed by atoms with Gasteiger partial charge in [-0.1, -0.05) is 24.3 Å². The molecule has 0 amide bonds. The van der Waals surface area contributed by atoms with E-state index in [9.17, 15) is 4.79 Å². The van der Waals surface area contributed by atoms with E-state index in [0.29, 0.717) is 23.4 Å². The molecule has 0 aliphatic carbocycles. The van der Waals surface area contributed by atoms with Gasteiger partial charge in [-0.2, -0.15) is 0 Å². The molecule has 20 heavy (non-hydrogen) atoms. The first-order valence-electron chi connectivity index (χ1n) is 5.81. The van der Waals surface area contributed by atoms with E-state index in [4.69, 9.17) is 14.6 Å². The molecule has 2 aromatic rings. The van der Waals surface area contributed by atoms with Gasteiger partial charge >= 0.3 is 5.97 Å². The summed E-state index contributed by atoms with van der Waals surface area (Å²) in [6.07, 6.45) is 0.